The van der Waals surface area contributed by atoms with Crippen LogP contribution in [0.15, 0.2) is 11.4 Å². The molecule has 2 amide bonds. The summed E-state index contributed by atoms with van der Waals surface area (Å²) in [5, 5.41) is 18.3. The van der Waals surface area contributed by atoms with Crippen LogP contribution in [0.3, 0.4) is 0 Å². The van der Waals surface area contributed by atoms with E-state index in [9.17, 15) is 4.79 Å². The molecule has 1 aliphatic rings. The molecule has 1 saturated heterocycles. The summed E-state index contributed by atoms with van der Waals surface area (Å²) in [4.78, 5) is 13.7. The van der Waals surface area contributed by atoms with E-state index >= 15 is 0 Å². The highest BCUT2D eigenvalue weighted by Crippen LogP contribution is 2.16. The summed E-state index contributed by atoms with van der Waals surface area (Å²) in [5.41, 5.74) is 5.92. The molecule has 0 saturated carbocycles. The summed E-state index contributed by atoms with van der Waals surface area (Å²) in [7, 11) is 1.67. The van der Waals surface area contributed by atoms with Crippen molar-refractivity contribution in [2.75, 3.05) is 18.4 Å². The molecule has 18 heavy (non-hydrogen) atoms. The molecule has 98 valence electrons. The molecule has 1 aromatic rings. The van der Waals surface area contributed by atoms with Gasteiger partial charge in [-0.25, -0.2) is 4.79 Å². The number of carbonyl (C=O) groups is 1. The van der Waals surface area contributed by atoms with Crippen molar-refractivity contribution in [1.29, 1.82) is 0 Å². The van der Waals surface area contributed by atoms with Gasteiger partial charge in [-0.05, 0) is 12.8 Å². The zero-order chi connectivity index (χ0) is 13.1. The maximum absolute atomic E-state index is 12.0. The number of likely N-dealkylation sites (tertiary alicyclic amines) is 1. The van der Waals surface area contributed by atoms with Crippen LogP contribution in [0, 0.1) is 0 Å². The fourth-order valence-corrected chi connectivity index (χ4v) is 1.93. The molecule has 2 rings (SSSR count). The third-order valence-electron chi connectivity index (χ3n) is 2.94. The quantitative estimate of drug-likeness (QED) is 0.301. The minimum Gasteiger partial charge on any atom is -0.409 e. The Morgan fingerprint density at radius 2 is 2.22 bits per heavy atom. The molecule has 0 unspecified atom stereocenters. The fraction of sp³-hybridized carbons (Fsp3) is 0.500. The Morgan fingerprint density at radius 3 is 2.83 bits per heavy atom. The zero-order valence-electron chi connectivity index (χ0n) is 10.1. The summed E-state index contributed by atoms with van der Waals surface area (Å²) >= 11 is 0. The molecule has 2 heterocycles. The van der Waals surface area contributed by atoms with Gasteiger partial charge in [0.15, 0.2) is 5.84 Å². The topological polar surface area (TPSA) is 109 Å². The van der Waals surface area contributed by atoms with Gasteiger partial charge in [0.2, 0.25) is 0 Å². The Balaban J connectivity index is 2.17. The highest BCUT2D eigenvalue weighted by Gasteiger charge is 2.21. The van der Waals surface area contributed by atoms with Crippen LogP contribution in [-0.2, 0) is 7.05 Å². The Kier molecular flexibility index (Phi) is 3.35. The van der Waals surface area contributed by atoms with Crippen LogP contribution in [-0.4, -0.2) is 44.8 Å². The normalized spacial score (nSPS) is 16.1. The molecular weight excluding hydrogens is 236 g/mol. The number of carbonyl (C=O) groups excluding carboxylic acids is 1. The number of nitrogens with one attached hydrogen (secondary N) is 1. The van der Waals surface area contributed by atoms with E-state index in [4.69, 9.17) is 10.9 Å². The number of rotatable bonds is 2. The van der Waals surface area contributed by atoms with Crippen molar-refractivity contribution < 1.29 is 10.0 Å². The maximum Gasteiger partial charge on any atom is 0.323 e. The van der Waals surface area contributed by atoms with Crippen molar-refractivity contribution in [3.63, 3.8) is 0 Å². The monoisotopic (exact) mass is 252 g/mol. The number of anilines is 1. The number of hydrogen-bond acceptors (Lipinski definition) is 4. The molecule has 0 radical (unpaired) electrons. The first-order chi connectivity index (χ1) is 8.63. The van der Waals surface area contributed by atoms with E-state index in [1.807, 2.05) is 0 Å². The van der Waals surface area contributed by atoms with Crippen LogP contribution in [0.1, 0.15) is 18.4 Å². The highest BCUT2D eigenvalue weighted by atomic mass is 16.4. The minimum atomic E-state index is -0.192. The van der Waals surface area contributed by atoms with Gasteiger partial charge in [-0.15, -0.1) is 0 Å². The van der Waals surface area contributed by atoms with Gasteiger partial charge in [-0.2, -0.15) is 5.10 Å². The average molecular weight is 252 g/mol. The van der Waals surface area contributed by atoms with Crippen LogP contribution in [0.4, 0.5) is 10.6 Å². The summed E-state index contributed by atoms with van der Waals surface area (Å²) in [6.07, 6.45) is 3.48. The second-order valence-electron chi connectivity index (χ2n) is 4.14. The molecule has 0 aromatic carbocycles. The van der Waals surface area contributed by atoms with Gasteiger partial charge in [0, 0.05) is 20.1 Å². The SMILES string of the molecule is Cn1ncc(/C(N)=N\O)c1NC(=O)N1CCCC1. The van der Waals surface area contributed by atoms with Crippen LogP contribution >= 0.6 is 0 Å². The van der Waals surface area contributed by atoms with Gasteiger partial charge in [-0.1, -0.05) is 5.16 Å². The molecule has 8 nitrogen and oxygen atoms in total. The molecule has 0 bridgehead atoms. The zero-order valence-corrected chi connectivity index (χ0v) is 10.1. The molecule has 1 fully saturated rings. The van der Waals surface area contributed by atoms with E-state index in [2.05, 4.69) is 15.6 Å². The van der Waals surface area contributed by atoms with E-state index in [1.165, 1.54) is 10.9 Å². The van der Waals surface area contributed by atoms with Crippen LogP contribution in [0.5, 0.6) is 0 Å². The molecule has 1 aromatic heterocycles. The number of urea groups is 1. The van der Waals surface area contributed by atoms with Crippen LogP contribution in [0.25, 0.3) is 0 Å². The van der Waals surface area contributed by atoms with Crippen molar-refractivity contribution in [2.45, 2.75) is 12.8 Å². The third-order valence-corrected chi connectivity index (χ3v) is 2.94. The predicted octanol–water partition coefficient (Wildman–Crippen LogP) is 0.142. The molecule has 0 atom stereocenters. The second-order valence-corrected chi connectivity index (χ2v) is 4.14. The number of amidine groups is 1. The molecule has 4 N–H and O–H groups in total. The van der Waals surface area contributed by atoms with E-state index in [1.54, 1.807) is 11.9 Å². The number of nitrogens with two attached hydrogens (primary N) is 1. The summed E-state index contributed by atoms with van der Waals surface area (Å²) < 4.78 is 1.47. The Morgan fingerprint density at radius 1 is 1.56 bits per heavy atom. The largest absolute Gasteiger partial charge is 0.409 e. The van der Waals surface area contributed by atoms with Crippen LogP contribution < -0.4 is 11.1 Å². The lowest BCUT2D eigenvalue weighted by Crippen LogP contribution is -2.33. The van der Waals surface area contributed by atoms with Gasteiger partial charge in [0.25, 0.3) is 0 Å². The maximum atomic E-state index is 12.0. The summed E-state index contributed by atoms with van der Waals surface area (Å²) in [5.74, 6) is 0.335. The molecule has 0 spiro atoms. The van der Waals surface area contributed by atoms with E-state index < -0.39 is 0 Å². The summed E-state index contributed by atoms with van der Waals surface area (Å²) in [6, 6.07) is -0.192. The van der Waals surface area contributed by atoms with Crippen molar-refractivity contribution in [3.05, 3.63) is 11.8 Å². The number of amides is 2. The first-order valence-electron chi connectivity index (χ1n) is 5.69. The smallest absolute Gasteiger partial charge is 0.323 e. The van der Waals surface area contributed by atoms with Gasteiger partial charge >= 0.3 is 6.03 Å². The first-order valence-corrected chi connectivity index (χ1v) is 5.69. The molecule has 8 heteroatoms. The van der Waals surface area contributed by atoms with Gasteiger partial charge < -0.3 is 15.8 Å². The van der Waals surface area contributed by atoms with E-state index in [-0.39, 0.29) is 11.9 Å². The summed E-state index contributed by atoms with van der Waals surface area (Å²) in [6.45, 7) is 1.51. The second kappa shape index (κ2) is 4.94. The van der Waals surface area contributed by atoms with Crippen molar-refractivity contribution in [2.24, 2.45) is 17.9 Å². The van der Waals surface area contributed by atoms with Crippen molar-refractivity contribution >= 4 is 17.7 Å². The lowest BCUT2D eigenvalue weighted by Gasteiger charge is -2.16. The first kappa shape index (κ1) is 12.2. The number of aryl methyl sites for hydroxylation is 1. The highest BCUT2D eigenvalue weighted by molar-refractivity contribution is 6.04. The standard InChI is InChI=1S/C10H16N6O2/c1-15-9(7(6-12-15)8(11)14-18)13-10(17)16-4-2-3-5-16/h6,18H,2-5H2,1H3,(H2,11,14)(H,13,17). The Bertz CT molecular complexity index is 475. The number of oxime groups is 1. The third kappa shape index (κ3) is 2.22. The molecule has 0 aliphatic carbocycles. The van der Waals surface area contributed by atoms with E-state index in [0.717, 1.165) is 25.9 Å². The lowest BCUT2D eigenvalue weighted by atomic mass is 10.3. The number of nitrogens with zero attached hydrogens (tertiary/aromatic N) is 4. The fourth-order valence-electron chi connectivity index (χ4n) is 1.93. The average Bonchev–Trinajstić information content (AvgIpc) is 2.99. The minimum absolute atomic E-state index is 0.0835. The van der Waals surface area contributed by atoms with Gasteiger partial charge in [-0.3, -0.25) is 10.00 Å². The number of aromatic nitrogens is 2. The van der Waals surface area contributed by atoms with Crippen molar-refractivity contribution in [1.82, 2.24) is 14.7 Å². The van der Waals surface area contributed by atoms with Gasteiger partial charge in [0.05, 0.1) is 11.8 Å². The van der Waals surface area contributed by atoms with Crippen molar-refractivity contribution in [3.8, 4) is 0 Å². The van der Waals surface area contributed by atoms with E-state index in [0.29, 0.717) is 11.4 Å². The molecular formula is C10H16N6O2. The Hall–Kier alpha value is -2.25. The lowest BCUT2D eigenvalue weighted by molar-refractivity contribution is 0.222. The van der Waals surface area contributed by atoms with Crippen LogP contribution in [0.2, 0.25) is 0 Å². The Labute approximate surface area is 104 Å². The number of hydrogen-bond donors (Lipinski definition) is 3. The molecule has 1 aliphatic heterocycles. The van der Waals surface area contributed by atoms with Gasteiger partial charge in [0.1, 0.15) is 5.82 Å². The predicted molar refractivity (Wildman–Crippen MR) is 65.5 cm³/mol.